The fourth-order valence-corrected chi connectivity index (χ4v) is 2.33. The molecule has 132 valence electrons. The van der Waals surface area contributed by atoms with Crippen molar-refractivity contribution >= 4 is 23.0 Å². The first-order valence-corrected chi connectivity index (χ1v) is 7.05. The summed E-state index contributed by atoms with van der Waals surface area (Å²) in [5.74, 6) is -0.326. The van der Waals surface area contributed by atoms with Gasteiger partial charge in [0, 0.05) is 0 Å². The van der Waals surface area contributed by atoms with Gasteiger partial charge in [-0.25, -0.2) is 0 Å². The molecule has 1 aromatic heterocycles. The van der Waals surface area contributed by atoms with Crippen LogP contribution < -0.4 is 10.1 Å². The average Bonchev–Trinajstić information content (AvgIpc) is 2.81. The molecule has 25 heavy (non-hydrogen) atoms. The number of hydrogen-bond acceptors (Lipinski definition) is 7. The molecule has 0 unspecified atom stereocenters. The molecule has 1 N–H and O–H groups in total. The number of amides is 1. The number of nitrogens with zero attached hydrogens (tertiary/aromatic N) is 4. The topological polar surface area (TPSA) is 142 Å². The fourth-order valence-electron chi connectivity index (χ4n) is 2.33. The van der Waals surface area contributed by atoms with Crippen LogP contribution in [0.3, 0.4) is 0 Å². The SMILES string of the molecule is COc1ccc(NC(=O)Cn2nc(C)c([N+](=O)[O-])c2C)c([N+](=O)[O-])c1. The first kappa shape index (κ1) is 17.8. The number of nitro groups is 2. The first-order valence-electron chi connectivity index (χ1n) is 7.05. The Bertz CT molecular complexity index is 860. The van der Waals surface area contributed by atoms with E-state index < -0.39 is 15.8 Å². The number of rotatable bonds is 6. The van der Waals surface area contributed by atoms with Crippen molar-refractivity contribution in [3.05, 3.63) is 49.8 Å². The summed E-state index contributed by atoms with van der Waals surface area (Å²) in [4.78, 5) is 33.0. The lowest BCUT2D eigenvalue weighted by Crippen LogP contribution is -2.21. The van der Waals surface area contributed by atoms with Crippen LogP contribution in [0.1, 0.15) is 11.4 Å². The number of benzene rings is 1. The van der Waals surface area contributed by atoms with E-state index in [1.54, 1.807) is 0 Å². The fraction of sp³-hybridized carbons (Fsp3) is 0.286. The number of carbonyl (C=O) groups excluding carboxylic acids is 1. The molecule has 0 spiro atoms. The summed E-state index contributed by atoms with van der Waals surface area (Å²) in [5, 5.41) is 28.5. The quantitative estimate of drug-likeness (QED) is 0.620. The highest BCUT2D eigenvalue weighted by Gasteiger charge is 2.23. The number of methoxy groups -OCH3 is 1. The zero-order valence-corrected chi connectivity index (χ0v) is 13.7. The van der Waals surface area contributed by atoms with E-state index in [1.807, 2.05) is 0 Å². The molecule has 0 fully saturated rings. The van der Waals surface area contributed by atoms with Gasteiger partial charge in [-0.3, -0.25) is 29.7 Å². The summed E-state index contributed by atoms with van der Waals surface area (Å²) in [6.07, 6.45) is 0. The van der Waals surface area contributed by atoms with Crippen LogP contribution in [-0.4, -0.2) is 32.6 Å². The van der Waals surface area contributed by atoms with E-state index in [0.29, 0.717) is 0 Å². The largest absolute Gasteiger partial charge is 0.496 e. The van der Waals surface area contributed by atoms with Crippen LogP contribution >= 0.6 is 0 Å². The molecule has 2 aromatic rings. The number of hydrogen-bond donors (Lipinski definition) is 1. The Morgan fingerprint density at radius 3 is 2.48 bits per heavy atom. The van der Waals surface area contributed by atoms with Crippen molar-refractivity contribution in [1.29, 1.82) is 0 Å². The van der Waals surface area contributed by atoms with Gasteiger partial charge in [0.1, 0.15) is 29.4 Å². The van der Waals surface area contributed by atoms with Crippen LogP contribution in [0.15, 0.2) is 18.2 Å². The van der Waals surface area contributed by atoms with Gasteiger partial charge in [0.25, 0.3) is 5.69 Å². The number of aryl methyl sites for hydroxylation is 1. The Hall–Kier alpha value is -3.50. The molecule has 11 nitrogen and oxygen atoms in total. The lowest BCUT2D eigenvalue weighted by atomic mass is 10.2. The predicted octanol–water partition coefficient (Wildman–Crippen LogP) is 1.96. The van der Waals surface area contributed by atoms with Gasteiger partial charge in [0.05, 0.1) is 23.0 Å². The van der Waals surface area contributed by atoms with Gasteiger partial charge in [-0.15, -0.1) is 0 Å². The highest BCUT2D eigenvalue weighted by Crippen LogP contribution is 2.29. The second kappa shape index (κ2) is 6.95. The van der Waals surface area contributed by atoms with E-state index in [2.05, 4.69) is 10.4 Å². The number of anilines is 1. The predicted molar refractivity (Wildman–Crippen MR) is 86.6 cm³/mol. The minimum absolute atomic E-state index is 0.00756. The lowest BCUT2D eigenvalue weighted by molar-refractivity contribution is -0.386. The zero-order chi connectivity index (χ0) is 18.7. The monoisotopic (exact) mass is 349 g/mol. The zero-order valence-electron chi connectivity index (χ0n) is 13.7. The highest BCUT2D eigenvalue weighted by molar-refractivity contribution is 5.93. The van der Waals surface area contributed by atoms with Crippen molar-refractivity contribution < 1.29 is 19.4 Å². The Kier molecular flexibility index (Phi) is 4.96. The molecule has 1 amide bonds. The third kappa shape index (κ3) is 3.71. The summed E-state index contributed by atoms with van der Waals surface area (Å²) >= 11 is 0. The molecule has 0 aliphatic heterocycles. The summed E-state index contributed by atoms with van der Waals surface area (Å²) in [5.41, 5.74) is -0.0882. The molecule has 0 atom stereocenters. The Morgan fingerprint density at radius 1 is 1.28 bits per heavy atom. The molecule has 0 saturated heterocycles. The third-order valence-corrected chi connectivity index (χ3v) is 3.49. The van der Waals surface area contributed by atoms with Gasteiger partial charge >= 0.3 is 5.69 Å². The molecule has 2 rings (SSSR count). The van der Waals surface area contributed by atoms with Crippen molar-refractivity contribution in [2.24, 2.45) is 0 Å². The molecular formula is C14H15N5O6. The Morgan fingerprint density at radius 2 is 1.96 bits per heavy atom. The summed E-state index contributed by atoms with van der Waals surface area (Å²) in [6.45, 7) is 2.62. The third-order valence-electron chi connectivity index (χ3n) is 3.49. The van der Waals surface area contributed by atoms with Crippen LogP contribution in [0.25, 0.3) is 0 Å². The molecule has 0 aliphatic rings. The summed E-state index contributed by atoms with van der Waals surface area (Å²) < 4.78 is 6.10. The minimum atomic E-state index is -0.647. The smallest absolute Gasteiger partial charge is 0.312 e. The lowest BCUT2D eigenvalue weighted by Gasteiger charge is -2.08. The molecular weight excluding hydrogens is 334 g/mol. The second-order valence-corrected chi connectivity index (χ2v) is 5.12. The maximum atomic E-state index is 12.2. The van der Waals surface area contributed by atoms with Crippen LogP contribution in [0.2, 0.25) is 0 Å². The Balaban J connectivity index is 2.23. The maximum Gasteiger partial charge on any atom is 0.312 e. The number of carbonyl (C=O) groups is 1. The minimum Gasteiger partial charge on any atom is -0.496 e. The van der Waals surface area contributed by atoms with Crippen LogP contribution in [0.4, 0.5) is 17.1 Å². The highest BCUT2D eigenvalue weighted by atomic mass is 16.6. The molecule has 11 heteroatoms. The molecule has 0 radical (unpaired) electrons. The van der Waals surface area contributed by atoms with Gasteiger partial charge in [0.2, 0.25) is 5.91 Å². The van der Waals surface area contributed by atoms with Gasteiger partial charge in [-0.05, 0) is 26.0 Å². The van der Waals surface area contributed by atoms with Crippen molar-refractivity contribution in [2.45, 2.75) is 20.4 Å². The second-order valence-electron chi connectivity index (χ2n) is 5.12. The van der Waals surface area contributed by atoms with Crippen LogP contribution in [0.5, 0.6) is 5.75 Å². The maximum absolute atomic E-state index is 12.2. The van der Waals surface area contributed by atoms with E-state index in [9.17, 15) is 25.0 Å². The average molecular weight is 349 g/mol. The van der Waals surface area contributed by atoms with Crippen LogP contribution in [-0.2, 0) is 11.3 Å². The van der Waals surface area contributed by atoms with Gasteiger partial charge in [0.15, 0.2) is 0 Å². The van der Waals surface area contributed by atoms with E-state index >= 15 is 0 Å². The number of ether oxygens (including phenoxy) is 1. The number of nitro benzene ring substituents is 1. The first-order chi connectivity index (χ1) is 11.7. The van der Waals surface area contributed by atoms with Crippen molar-refractivity contribution in [2.75, 3.05) is 12.4 Å². The van der Waals surface area contributed by atoms with Gasteiger partial charge in [-0.1, -0.05) is 0 Å². The standard InChI is InChI=1S/C14H15N5O6/c1-8-14(19(23)24)9(2)17(16-8)7-13(20)15-11-5-4-10(25-3)6-12(11)18(21)22/h4-6H,7H2,1-3H3,(H,15,20). The van der Waals surface area contributed by atoms with E-state index in [4.69, 9.17) is 4.74 Å². The summed E-state index contributed by atoms with van der Waals surface area (Å²) in [7, 11) is 1.37. The van der Waals surface area contributed by atoms with Crippen molar-refractivity contribution in [3.63, 3.8) is 0 Å². The molecule has 1 aromatic carbocycles. The van der Waals surface area contributed by atoms with E-state index in [1.165, 1.54) is 43.8 Å². The summed E-state index contributed by atoms with van der Waals surface area (Å²) in [6, 6.07) is 4.00. The number of aromatic nitrogens is 2. The van der Waals surface area contributed by atoms with Crippen molar-refractivity contribution in [1.82, 2.24) is 9.78 Å². The number of nitrogens with one attached hydrogen (secondary N) is 1. The molecule has 0 saturated carbocycles. The van der Waals surface area contributed by atoms with E-state index in [0.717, 1.165) is 0 Å². The van der Waals surface area contributed by atoms with Crippen molar-refractivity contribution in [3.8, 4) is 5.75 Å². The molecule has 0 bridgehead atoms. The molecule has 0 aliphatic carbocycles. The van der Waals surface area contributed by atoms with E-state index in [-0.39, 0.29) is 40.7 Å². The van der Waals surface area contributed by atoms with Gasteiger partial charge in [-0.2, -0.15) is 5.10 Å². The van der Waals surface area contributed by atoms with Gasteiger partial charge < -0.3 is 10.1 Å². The Labute approximate surface area is 141 Å². The molecule has 1 heterocycles. The normalized spacial score (nSPS) is 10.4. The van der Waals surface area contributed by atoms with Crippen LogP contribution in [0, 0.1) is 34.1 Å².